The second kappa shape index (κ2) is 6.28. The van der Waals surface area contributed by atoms with Crippen LogP contribution >= 0.6 is 0 Å². The molecule has 0 aliphatic heterocycles. The van der Waals surface area contributed by atoms with Crippen LogP contribution in [0.1, 0.15) is 34.0 Å². The molecule has 122 valence electrons. The van der Waals surface area contributed by atoms with Gasteiger partial charge in [-0.1, -0.05) is 12.1 Å². The van der Waals surface area contributed by atoms with Gasteiger partial charge in [0.15, 0.2) is 0 Å². The predicted octanol–water partition coefficient (Wildman–Crippen LogP) is 4.10. The lowest BCUT2D eigenvalue weighted by Crippen LogP contribution is -1.90. The number of rotatable bonds is 4. The third-order valence-corrected chi connectivity index (χ3v) is 3.93. The fraction of sp³-hybridized carbons (Fsp3) is 0.211. The Labute approximate surface area is 140 Å². The van der Waals surface area contributed by atoms with Crippen molar-refractivity contribution in [3.8, 4) is 28.6 Å². The van der Waals surface area contributed by atoms with Gasteiger partial charge in [-0.15, -0.1) is 0 Å². The van der Waals surface area contributed by atoms with Crippen LogP contribution in [-0.4, -0.2) is 21.5 Å². The minimum absolute atomic E-state index is 0.305. The Kier molecular flexibility index (Phi) is 4.16. The van der Waals surface area contributed by atoms with Gasteiger partial charge in [-0.25, -0.2) is 0 Å². The Hall–Kier alpha value is -2.95. The topological polar surface area (TPSA) is 76.2 Å². The quantitative estimate of drug-likeness (QED) is 0.732. The van der Waals surface area contributed by atoms with Crippen LogP contribution in [0, 0.1) is 13.8 Å². The van der Waals surface area contributed by atoms with Crippen molar-refractivity contribution in [2.75, 3.05) is 0 Å². The Morgan fingerprint density at radius 2 is 1.92 bits per heavy atom. The van der Waals surface area contributed by atoms with Crippen molar-refractivity contribution in [1.82, 2.24) is 10.1 Å². The summed E-state index contributed by atoms with van der Waals surface area (Å²) in [5.74, 6) is 1.12. The molecule has 5 nitrogen and oxygen atoms in total. The van der Waals surface area contributed by atoms with Gasteiger partial charge in [-0.3, -0.25) is 4.79 Å². The van der Waals surface area contributed by atoms with Gasteiger partial charge in [0.25, 0.3) is 5.89 Å². The van der Waals surface area contributed by atoms with Crippen molar-refractivity contribution in [1.29, 1.82) is 0 Å². The fourth-order valence-electron chi connectivity index (χ4n) is 2.71. The molecule has 0 saturated heterocycles. The smallest absolute Gasteiger partial charge is 0.258 e. The molecule has 0 saturated carbocycles. The van der Waals surface area contributed by atoms with E-state index in [1.165, 1.54) is 0 Å². The molecule has 5 heteroatoms. The van der Waals surface area contributed by atoms with E-state index >= 15 is 0 Å². The van der Waals surface area contributed by atoms with Gasteiger partial charge >= 0.3 is 0 Å². The van der Waals surface area contributed by atoms with Crippen LogP contribution in [-0.2, 0) is 6.42 Å². The molecule has 0 spiro atoms. The first-order valence-electron chi connectivity index (χ1n) is 7.75. The third-order valence-electron chi connectivity index (χ3n) is 3.93. The molecule has 24 heavy (non-hydrogen) atoms. The first-order valence-corrected chi connectivity index (χ1v) is 7.75. The first-order chi connectivity index (χ1) is 11.5. The standard InChI is InChI=1S/C19H18N2O3/c1-4-14-9-15(7-12(3)17(14)23)18-20-19(24-21-18)16-6-11(2)5-13(8-16)10-22/h5-10,23H,4H2,1-3H3. The molecular weight excluding hydrogens is 304 g/mol. The van der Waals surface area contributed by atoms with Gasteiger partial charge in [0.1, 0.15) is 12.0 Å². The average Bonchev–Trinajstić information content (AvgIpc) is 3.06. The van der Waals surface area contributed by atoms with E-state index in [0.29, 0.717) is 35.0 Å². The van der Waals surface area contributed by atoms with E-state index in [2.05, 4.69) is 10.1 Å². The number of aryl methyl sites for hydroxylation is 3. The number of carbonyl (C=O) groups is 1. The summed E-state index contributed by atoms with van der Waals surface area (Å²) in [5.41, 5.74) is 4.63. The number of nitrogens with zero attached hydrogens (tertiary/aromatic N) is 2. The summed E-state index contributed by atoms with van der Waals surface area (Å²) in [6, 6.07) is 9.10. The van der Waals surface area contributed by atoms with Crippen LogP contribution in [0.3, 0.4) is 0 Å². The highest BCUT2D eigenvalue weighted by molar-refractivity contribution is 5.78. The number of hydrogen-bond acceptors (Lipinski definition) is 5. The van der Waals surface area contributed by atoms with Gasteiger partial charge in [0.2, 0.25) is 5.82 Å². The summed E-state index contributed by atoms with van der Waals surface area (Å²) in [6.45, 7) is 5.73. The average molecular weight is 322 g/mol. The SMILES string of the molecule is CCc1cc(-c2noc(-c3cc(C)cc(C=O)c3)n2)cc(C)c1O. The highest BCUT2D eigenvalue weighted by Gasteiger charge is 2.14. The Morgan fingerprint density at radius 3 is 2.62 bits per heavy atom. The summed E-state index contributed by atoms with van der Waals surface area (Å²) < 4.78 is 5.36. The summed E-state index contributed by atoms with van der Waals surface area (Å²) in [6.07, 6.45) is 1.51. The molecule has 0 aliphatic rings. The van der Waals surface area contributed by atoms with E-state index in [-0.39, 0.29) is 0 Å². The van der Waals surface area contributed by atoms with Gasteiger partial charge in [-0.05, 0) is 67.3 Å². The number of hydrogen-bond donors (Lipinski definition) is 1. The van der Waals surface area contributed by atoms with Crippen LogP contribution in [0.25, 0.3) is 22.8 Å². The van der Waals surface area contributed by atoms with Gasteiger partial charge in [0, 0.05) is 16.7 Å². The maximum Gasteiger partial charge on any atom is 0.258 e. The monoisotopic (exact) mass is 322 g/mol. The summed E-state index contributed by atoms with van der Waals surface area (Å²) in [5, 5.41) is 14.1. The van der Waals surface area contributed by atoms with E-state index in [9.17, 15) is 9.90 Å². The van der Waals surface area contributed by atoms with Crippen molar-refractivity contribution >= 4 is 6.29 Å². The number of benzene rings is 2. The largest absolute Gasteiger partial charge is 0.507 e. The summed E-state index contributed by atoms with van der Waals surface area (Å²) in [7, 11) is 0. The molecule has 0 radical (unpaired) electrons. The van der Waals surface area contributed by atoms with E-state index in [4.69, 9.17) is 4.52 Å². The second-order valence-electron chi connectivity index (χ2n) is 5.83. The van der Waals surface area contributed by atoms with Crippen LogP contribution in [0.15, 0.2) is 34.9 Å². The molecule has 3 rings (SSSR count). The van der Waals surface area contributed by atoms with Gasteiger partial charge in [-0.2, -0.15) is 4.98 Å². The zero-order valence-electron chi connectivity index (χ0n) is 13.8. The number of phenols is 1. The number of aromatic nitrogens is 2. The first kappa shape index (κ1) is 15.9. The molecule has 0 bridgehead atoms. The zero-order chi connectivity index (χ0) is 17.3. The minimum atomic E-state index is 0.305. The lowest BCUT2D eigenvalue weighted by Gasteiger charge is -2.07. The van der Waals surface area contributed by atoms with E-state index in [1.807, 2.05) is 39.0 Å². The van der Waals surface area contributed by atoms with Crippen LogP contribution in [0.2, 0.25) is 0 Å². The van der Waals surface area contributed by atoms with Crippen molar-refractivity contribution in [3.63, 3.8) is 0 Å². The van der Waals surface area contributed by atoms with Crippen molar-refractivity contribution in [2.24, 2.45) is 0 Å². The van der Waals surface area contributed by atoms with E-state index < -0.39 is 0 Å². The minimum Gasteiger partial charge on any atom is -0.507 e. The maximum absolute atomic E-state index is 11.0. The summed E-state index contributed by atoms with van der Waals surface area (Å²) >= 11 is 0. The number of aldehydes is 1. The number of carbonyl (C=O) groups excluding carboxylic acids is 1. The van der Waals surface area contributed by atoms with Crippen molar-refractivity contribution in [3.05, 3.63) is 52.6 Å². The maximum atomic E-state index is 11.0. The molecule has 0 fully saturated rings. The molecule has 0 unspecified atom stereocenters. The molecule has 2 aromatic carbocycles. The normalized spacial score (nSPS) is 10.8. The van der Waals surface area contributed by atoms with E-state index in [0.717, 1.165) is 28.5 Å². The third kappa shape index (κ3) is 2.93. The molecule has 1 heterocycles. The highest BCUT2D eigenvalue weighted by Crippen LogP contribution is 2.30. The molecule has 1 N–H and O–H groups in total. The molecule has 1 aromatic heterocycles. The Balaban J connectivity index is 2.04. The Bertz CT molecular complexity index is 913. The molecular formula is C19H18N2O3. The van der Waals surface area contributed by atoms with Gasteiger partial charge in [0.05, 0.1) is 0 Å². The predicted molar refractivity (Wildman–Crippen MR) is 91.1 cm³/mol. The molecule has 0 aliphatic carbocycles. The molecule has 0 amide bonds. The van der Waals surface area contributed by atoms with Crippen molar-refractivity contribution < 1.29 is 14.4 Å². The number of phenolic OH excluding ortho intramolecular Hbond substituents is 1. The van der Waals surface area contributed by atoms with Crippen LogP contribution in [0.4, 0.5) is 0 Å². The molecule has 0 atom stereocenters. The lowest BCUT2D eigenvalue weighted by molar-refractivity contribution is 0.112. The van der Waals surface area contributed by atoms with Gasteiger partial charge < -0.3 is 9.63 Å². The Morgan fingerprint density at radius 1 is 1.12 bits per heavy atom. The van der Waals surface area contributed by atoms with E-state index in [1.54, 1.807) is 12.1 Å². The fourth-order valence-corrected chi connectivity index (χ4v) is 2.71. The molecule has 3 aromatic rings. The van der Waals surface area contributed by atoms with Crippen LogP contribution < -0.4 is 0 Å². The zero-order valence-corrected chi connectivity index (χ0v) is 13.8. The lowest BCUT2D eigenvalue weighted by atomic mass is 10.0. The second-order valence-corrected chi connectivity index (χ2v) is 5.83. The van der Waals surface area contributed by atoms with Crippen molar-refractivity contribution in [2.45, 2.75) is 27.2 Å². The highest BCUT2D eigenvalue weighted by atomic mass is 16.5. The van der Waals surface area contributed by atoms with Crippen LogP contribution in [0.5, 0.6) is 5.75 Å². The number of aromatic hydroxyl groups is 1. The summed E-state index contributed by atoms with van der Waals surface area (Å²) in [4.78, 5) is 15.5.